The predicted octanol–water partition coefficient (Wildman–Crippen LogP) is 3.99. The van der Waals surface area contributed by atoms with Crippen LogP contribution in [0.4, 0.5) is 5.69 Å². The first-order valence-electron chi connectivity index (χ1n) is 10.8. The smallest absolute Gasteiger partial charge is 0.170 e. The molecule has 4 rings (SSSR count). The molecular formula is C25H26N6OS. The lowest BCUT2D eigenvalue weighted by molar-refractivity contribution is 0.323. The van der Waals surface area contributed by atoms with E-state index in [2.05, 4.69) is 39.1 Å². The average molecular weight is 459 g/mol. The normalized spacial score (nSPS) is 11.1. The second-order valence-electron chi connectivity index (χ2n) is 8.01. The number of H-pyrrole nitrogens is 1. The van der Waals surface area contributed by atoms with Crippen molar-refractivity contribution in [1.82, 2.24) is 14.9 Å². The zero-order valence-electron chi connectivity index (χ0n) is 18.5. The highest BCUT2D eigenvalue weighted by atomic mass is 32.1. The Kier molecular flexibility index (Phi) is 7.03. The van der Waals surface area contributed by atoms with Gasteiger partial charge in [0.2, 0.25) is 0 Å². The monoisotopic (exact) mass is 458 g/mol. The maximum atomic E-state index is 8.94. The number of hydrogen-bond acceptors (Lipinski definition) is 5. The Morgan fingerprint density at radius 2 is 2.00 bits per heavy atom. The third-order valence-corrected chi connectivity index (χ3v) is 5.83. The Bertz CT molecular complexity index is 1270. The number of benzene rings is 2. The van der Waals surface area contributed by atoms with Gasteiger partial charge in [0.1, 0.15) is 23.2 Å². The maximum absolute atomic E-state index is 8.94. The number of fused-ring (bicyclic) bond motifs is 1. The van der Waals surface area contributed by atoms with Crippen molar-refractivity contribution in [3.63, 3.8) is 0 Å². The number of imidazole rings is 1. The van der Waals surface area contributed by atoms with Crippen LogP contribution in [0.3, 0.4) is 0 Å². The summed E-state index contributed by atoms with van der Waals surface area (Å²) in [5.74, 6) is 0.777. The summed E-state index contributed by atoms with van der Waals surface area (Å²) in [6, 6.07) is 18.4. The number of nitrogens with zero attached hydrogens (tertiary/aromatic N) is 4. The number of nitrogens with one attached hydrogen (secondary N) is 1. The van der Waals surface area contributed by atoms with Crippen molar-refractivity contribution in [2.45, 2.75) is 19.4 Å². The van der Waals surface area contributed by atoms with E-state index in [-0.39, 0.29) is 0 Å². The molecule has 3 N–H and O–H groups in total. The minimum atomic E-state index is 0.352. The number of aromatic amines is 1. The molecule has 0 radical (unpaired) electrons. The van der Waals surface area contributed by atoms with Crippen LogP contribution in [0, 0.1) is 11.3 Å². The minimum Gasteiger partial charge on any atom is -0.464 e. The van der Waals surface area contributed by atoms with Gasteiger partial charge in [-0.15, -0.1) is 0 Å². The molecule has 2 aromatic carbocycles. The Balaban J connectivity index is 1.45. The molecule has 168 valence electrons. The fourth-order valence-corrected chi connectivity index (χ4v) is 4.03. The molecule has 0 bridgehead atoms. The highest BCUT2D eigenvalue weighted by molar-refractivity contribution is 7.80. The lowest BCUT2D eigenvalue weighted by atomic mass is 10.1. The van der Waals surface area contributed by atoms with Crippen LogP contribution < -0.4 is 10.6 Å². The van der Waals surface area contributed by atoms with Crippen LogP contribution >= 0.6 is 12.2 Å². The van der Waals surface area contributed by atoms with E-state index >= 15 is 0 Å². The van der Waals surface area contributed by atoms with Gasteiger partial charge in [0.25, 0.3) is 0 Å². The molecule has 0 amide bonds. The molecule has 0 saturated carbocycles. The summed E-state index contributed by atoms with van der Waals surface area (Å²) in [5, 5.41) is 10.4. The highest BCUT2D eigenvalue weighted by Gasteiger charge is 2.14. The summed E-state index contributed by atoms with van der Waals surface area (Å²) >= 11 is 5.35. The molecule has 4 aromatic rings. The third-order valence-electron chi connectivity index (χ3n) is 5.61. The SMILES string of the molecule is CN(CCc1coc2ccc(N(CCc3ccccc3)C(N)=S)cc12)Cc1ncc(C#N)[nH]1. The van der Waals surface area contributed by atoms with Crippen molar-refractivity contribution >= 4 is 34.0 Å². The van der Waals surface area contributed by atoms with E-state index in [1.54, 1.807) is 6.20 Å². The number of nitriles is 1. The van der Waals surface area contributed by atoms with E-state index in [1.165, 1.54) is 5.56 Å². The molecule has 0 atom stereocenters. The van der Waals surface area contributed by atoms with Gasteiger partial charge >= 0.3 is 0 Å². The van der Waals surface area contributed by atoms with Crippen LogP contribution in [0.5, 0.6) is 0 Å². The molecular weight excluding hydrogens is 432 g/mol. The Morgan fingerprint density at radius 1 is 1.18 bits per heavy atom. The van der Waals surface area contributed by atoms with Crippen molar-refractivity contribution < 1.29 is 4.42 Å². The number of rotatable bonds is 9. The molecule has 0 aliphatic rings. The quantitative estimate of drug-likeness (QED) is 0.366. The molecule has 0 aliphatic heterocycles. The van der Waals surface area contributed by atoms with Crippen LogP contribution in [-0.2, 0) is 19.4 Å². The van der Waals surface area contributed by atoms with Gasteiger partial charge < -0.3 is 20.0 Å². The van der Waals surface area contributed by atoms with E-state index in [9.17, 15) is 0 Å². The van der Waals surface area contributed by atoms with Gasteiger partial charge in [-0.1, -0.05) is 30.3 Å². The van der Waals surface area contributed by atoms with Crippen LogP contribution in [-0.4, -0.2) is 40.1 Å². The predicted molar refractivity (Wildman–Crippen MR) is 134 cm³/mol. The molecule has 0 spiro atoms. The van der Waals surface area contributed by atoms with Gasteiger partial charge in [0, 0.05) is 24.2 Å². The summed E-state index contributed by atoms with van der Waals surface area (Å²) in [6.07, 6.45) is 5.03. The number of thiocarbonyl (C=S) groups is 1. The largest absolute Gasteiger partial charge is 0.464 e. The molecule has 2 aromatic heterocycles. The van der Waals surface area contributed by atoms with E-state index in [0.29, 0.717) is 23.9 Å². The van der Waals surface area contributed by atoms with E-state index in [0.717, 1.165) is 47.4 Å². The molecule has 0 unspecified atom stereocenters. The first kappa shape index (κ1) is 22.5. The van der Waals surface area contributed by atoms with Gasteiger partial charge in [-0.25, -0.2) is 4.98 Å². The minimum absolute atomic E-state index is 0.352. The Morgan fingerprint density at radius 3 is 2.73 bits per heavy atom. The zero-order valence-corrected chi connectivity index (χ0v) is 19.3. The van der Waals surface area contributed by atoms with Crippen LogP contribution in [0.2, 0.25) is 0 Å². The summed E-state index contributed by atoms with van der Waals surface area (Å²) < 4.78 is 5.79. The second-order valence-corrected chi connectivity index (χ2v) is 8.43. The topological polar surface area (TPSA) is 98.1 Å². The Hall–Kier alpha value is -3.67. The fraction of sp³-hybridized carbons (Fsp3) is 0.240. The highest BCUT2D eigenvalue weighted by Crippen LogP contribution is 2.27. The van der Waals surface area contributed by atoms with E-state index in [4.69, 9.17) is 27.6 Å². The van der Waals surface area contributed by atoms with Gasteiger partial charge in [-0.2, -0.15) is 5.26 Å². The summed E-state index contributed by atoms with van der Waals surface area (Å²) in [7, 11) is 2.03. The zero-order chi connectivity index (χ0) is 23.2. The first-order valence-corrected chi connectivity index (χ1v) is 11.2. The first-order chi connectivity index (χ1) is 16.0. The van der Waals surface area contributed by atoms with Crippen molar-refractivity contribution in [2.75, 3.05) is 25.0 Å². The van der Waals surface area contributed by atoms with Gasteiger partial charge in [0.15, 0.2) is 5.11 Å². The van der Waals surface area contributed by atoms with E-state index in [1.807, 2.05) is 48.5 Å². The Labute approximate surface area is 198 Å². The number of likely N-dealkylation sites (N-methyl/N-ethyl adjacent to an activating group) is 1. The molecule has 0 aliphatic carbocycles. The van der Waals surface area contributed by atoms with Crippen LogP contribution in [0.15, 0.2) is 65.4 Å². The lowest BCUT2D eigenvalue weighted by Crippen LogP contribution is -2.37. The van der Waals surface area contributed by atoms with Crippen molar-refractivity contribution in [2.24, 2.45) is 5.73 Å². The molecule has 0 fully saturated rings. The molecule has 33 heavy (non-hydrogen) atoms. The molecule has 7 nitrogen and oxygen atoms in total. The summed E-state index contributed by atoms with van der Waals surface area (Å²) in [4.78, 5) is 11.4. The van der Waals surface area contributed by atoms with Gasteiger partial charge in [0.05, 0.1) is 19.0 Å². The molecule has 8 heteroatoms. The van der Waals surface area contributed by atoms with Crippen molar-refractivity contribution in [3.05, 3.63) is 83.6 Å². The number of hydrogen-bond donors (Lipinski definition) is 2. The van der Waals surface area contributed by atoms with Crippen LogP contribution in [0.1, 0.15) is 22.6 Å². The number of aromatic nitrogens is 2. The number of nitrogens with two attached hydrogens (primary N) is 1. The fourth-order valence-electron chi connectivity index (χ4n) is 3.83. The molecule has 0 saturated heterocycles. The number of anilines is 1. The van der Waals surface area contributed by atoms with Gasteiger partial charge in [-0.05, 0) is 61.4 Å². The van der Waals surface area contributed by atoms with Crippen molar-refractivity contribution in [3.8, 4) is 6.07 Å². The maximum Gasteiger partial charge on any atom is 0.170 e. The summed E-state index contributed by atoms with van der Waals surface area (Å²) in [5.41, 5.74) is 10.7. The van der Waals surface area contributed by atoms with Crippen molar-refractivity contribution in [1.29, 1.82) is 5.26 Å². The summed E-state index contributed by atoms with van der Waals surface area (Å²) in [6.45, 7) is 2.15. The number of furan rings is 1. The lowest BCUT2D eigenvalue weighted by Gasteiger charge is -2.23. The molecule has 2 heterocycles. The third kappa shape index (κ3) is 5.58. The standard InChI is InChI=1S/C25H26N6OS/c1-30(16-24-28-15-20(14-26)29-24)11-10-19-17-32-23-8-7-21(13-22(19)23)31(25(27)33)12-9-18-5-3-2-4-6-18/h2-8,13,15,17H,9-12,16H2,1H3,(H2,27,33)(H,28,29). The van der Waals surface area contributed by atoms with E-state index < -0.39 is 0 Å². The average Bonchev–Trinajstić information content (AvgIpc) is 3.44. The van der Waals surface area contributed by atoms with Crippen LogP contribution in [0.25, 0.3) is 11.0 Å². The van der Waals surface area contributed by atoms with Gasteiger partial charge in [-0.3, -0.25) is 4.90 Å². The second kappa shape index (κ2) is 10.3.